The van der Waals surface area contributed by atoms with Crippen LogP contribution in [-0.4, -0.2) is 52.0 Å². The van der Waals surface area contributed by atoms with Gasteiger partial charge in [0.2, 0.25) is 0 Å². The van der Waals surface area contributed by atoms with Gasteiger partial charge >= 0.3 is 69.2 Å². The largest absolute Gasteiger partial charge is 1.00 e. The maximum absolute atomic E-state index is 13.0. The molecule has 0 aliphatic carbocycles. The first-order chi connectivity index (χ1) is 25.5. The number of amides is 1. The second-order valence-electron chi connectivity index (χ2n) is 11.7. The minimum Gasteiger partial charge on any atom is -0.744 e. The van der Waals surface area contributed by atoms with E-state index >= 15 is 0 Å². The Bertz CT molecular complexity index is 2680. The Hall–Kier alpha value is -3.99. The van der Waals surface area contributed by atoms with Crippen molar-refractivity contribution < 1.29 is 102 Å². The average molecular weight is 833 g/mol. The van der Waals surface area contributed by atoms with Crippen molar-refractivity contribution in [2.45, 2.75) is 34.6 Å². The maximum atomic E-state index is 13.0. The molecule has 5 aromatic rings. The van der Waals surface area contributed by atoms with Gasteiger partial charge in [-0.3, -0.25) is 4.79 Å². The monoisotopic (exact) mass is 832 g/mol. The zero-order valence-electron chi connectivity index (χ0n) is 30.0. The molecule has 1 aliphatic heterocycles. The molecule has 6 rings (SSSR count). The Kier molecular flexibility index (Phi) is 14.4. The second kappa shape index (κ2) is 18.1. The number of rotatable bonds is 11. The summed E-state index contributed by atoms with van der Waals surface area (Å²) in [5, 5.41) is 21.4. The van der Waals surface area contributed by atoms with Crippen molar-refractivity contribution in [2.24, 2.45) is 25.6 Å². The normalized spacial score (nSPS) is 14.7. The molecule has 5 aromatic carbocycles. The van der Waals surface area contributed by atoms with E-state index in [1.807, 2.05) is 6.92 Å². The number of nitrogens with zero attached hydrogens (tertiary/aromatic N) is 6. The molecule has 0 aromatic heterocycles. The third-order valence-electron chi connectivity index (χ3n) is 7.81. The van der Waals surface area contributed by atoms with Gasteiger partial charge in [-0.2, -0.15) is 33.9 Å². The molecule has 1 amide bonds. The maximum Gasteiger partial charge on any atom is 1.00 e. The van der Waals surface area contributed by atoms with Gasteiger partial charge in [-0.1, -0.05) is 35.9 Å². The standard InChI is InChI=1S/C35H28N6O10S3.2Na/c1-22-3-16-31(17-4-22)54(49,50)51-29-14-10-27(11-15-29)36-38-32-20-7-25(21-33(32)53(46,47)48)24-5-8-26(9-6-24)37-39-34-23(2)40-41(35(34)42)28-12-18-30(19-13-28)52(43,44)45;;/h3-21,34H,1-2H3,(H,43,44,45)(H,46,47,48);;/q;2*+1/p-2. The summed E-state index contributed by atoms with van der Waals surface area (Å²) in [6.45, 7) is 3.39. The van der Waals surface area contributed by atoms with Crippen LogP contribution in [0.2, 0.25) is 0 Å². The summed E-state index contributed by atoms with van der Waals surface area (Å²) in [5.74, 6) is -0.538. The minimum atomic E-state index is -5.01. The van der Waals surface area contributed by atoms with E-state index in [0.29, 0.717) is 22.5 Å². The Morgan fingerprint density at radius 2 is 1.20 bits per heavy atom. The molecule has 0 bridgehead atoms. The third kappa shape index (κ3) is 10.7. The number of hydrazone groups is 1. The molecule has 0 saturated carbocycles. The molecule has 0 radical (unpaired) electrons. The van der Waals surface area contributed by atoms with Crippen LogP contribution in [0.15, 0.2) is 156 Å². The van der Waals surface area contributed by atoms with Crippen molar-refractivity contribution in [3.63, 3.8) is 0 Å². The number of aryl methyl sites for hydroxylation is 1. The first-order valence-electron chi connectivity index (χ1n) is 15.6. The van der Waals surface area contributed by atoms with Gasteiger partial charge in [0, 0.05) is 0 Å². The number of benzene rings is 5. The van der Waals surface area contributed by atoms with Gasteiger partial charge in [-0.05, 0) is 110 Å². The SMILES string of the molecule is CC1=NN(c2ccc(S(=O)(=O)[O-])cc2)C(=O)C1N=Nc1ccc(-c2ccc(N=Nc3ccc(OS(=O)(=O)c4ccc(C)cc4)cc3)c(S(=O)(=O)[O-])c2)cc1.[Na+].[Na+]. The molecule has 0 saturated heterocycles. The van der Waals surface area contributed by atoms with Crippen LogP contribution in [0.1, 0.15) is 12.5 Å². The molecule has 56 heavy (non-hydrogen) atoms. The van der Waals surface area contributed by atoms with Crippen molar-refractivity contribution in [3.8, 4) is 16.9 Å². The number of carbonyl (C=O) groups excluding carboxylic acids is 1. The Morgan fingerprint density at radius 3 is 1.79 bits per heavy atom. The van der Waals surface area contributed by atoms with Crippen molar-refractivity contribution in [3.05, 3.63) is 121 Å². The van der Waals surface area contributed by atoms with E-state index in [4.69, 9.17) is 4.18 Å². The first kappa shape index (κ1) is 44.7. The van der Waals surface area contributed by atoms with Gasteiger partial charge < -0.3 is 13.3 Å². The van der Waals surface area contributed by atoms with Crippen molar-refractivity contribution >= 4 is 64.7 Å². The molecule has 1 heterocycles. The van der Waals surface area contributed by atoms with E-state index in [2.05, 4.69) is 25.6 Å². The molecular weight excluding hydrogens is 807 g/mol. The summed E-state index contributed by atoms with van der Waals surface area (Å²) in [6.07, 6.45) is 0. The fourth-order valence-corrected chi connectivity index (χ4v) is 7.05. The van der Waals surface area contributed by atoms with E-state index < -0.39 is 52.1 Å². The third-order valence-corrected chi connectivity index (χ3v) is 10.8. The zero-order chi connectivity index (χ0) is 38.8. The van der Waals surface area contributed by atoms with Crippen LogP contribution in [0.3, 0.4) is 0 Å². The van der Waals surface area contributed by atoms with Gasteiger partial charge in [-0.15, -0.1) is 5.11 Å². The first-order valence-corrected chi connectivity index (χ1v) is 19.8. The molecule has 21 heteroatoms. The van der Waals surface area contributed by atoms with E-state index in [9.17, 15) is 39.2 Å². The van der Waals surface area contributed by atoms with Crippen LogP contribution in [0.4, 0.5) is 22.7 Å². The summed E-state index contributed by atoms with van der Waals surface area (Å²) in [6, 6.07) is 25.6. The molecule has 0 N–H and O–H groups in total. The van der Waals surface area contributed by atoms with E-state index in [-0.39, 0.29) is 86.8 Å². The molecule has 1 aliphatic rings. The fourth-order valence-electron chi connectivity index (χ4n) is 5.01. The number of hydrogen-bond donors (Lipinski definition) is 0. The summed E-state index contributed by atoms with van der Waals surface area (Å²) >= 11 is 0. The second-order valence-corrected chi connectivity index (χ2v) is 16.0. The number of carbonyl (C=O) groups is 1. The number of hydrogen-bond acceptors (Lipinski definition) is 15. The van der Waals surface area contributed by atoms with E-state index in [0.717, 1.165) is 28.8 Å². The summed E-state index contributed by atoms with van der Waals surface area (Å²) < 4.78 is 101. The predicted octanol–water partition coefficient (Wildman–Crippen LogP) is 0.536. The Morgan fingerprint density at radius 1 is 0.643 bits per heavy atom. The quantitative estimate of drug-likeness (QED) is 0.0774. The van der Waals surface area contributed by atoms with Gasteiger partial charge in [-0.25, -0.2) is 16.8 Å². The predicted molar refractivity (Wildman–Crippen MR) is 193 cm³/mol. The molecule has 0 fully saturated rings. The average Bonchev–Trinajstić information content (AvgIpc) is 3.42. The fraction of sp³-hybridized carbons (Fsp3) is 0.0857. The number of azo groups is 2. The molecule has 1 unspecified atom stereocenters. The summed E-state index contributed by atoms with van der Waals surface area (Å²) in [7, 11) is -13.7. The van der Waals surface area contributed by atoms with E-state index in [1.165, 1.54) is 60.7 Å². The molecule has 16 nitrogen and oxygen atoms in total. The van der Waals surface area contributed by atoms with Gasteiger partial charge in [0.1, 0.15) is 36.6 Å². The van der Waals surface area contributed by atoms with Crippen LogP contribution in [-0.2, 0) is 35.1 Å². The van der Waals surface area contributed by atoms with Crippen molar-refractivity contribution in [2.75, 3.05) is 5.01 Å². The van der Waals surface area contributed by atoms with Gasteiger partial charge in [0.05, 0.1) is 32.6 Å². The van der Waals surface area contributed by atoms with Gasteiger partial charge in [0.15, 0.2) is 6.04 Å². The summed E-state index contributed by atoms with van der Waals surface area (Å²) in [5.41, 5.74) is 2.66. The molecule has 276 valence electrons. The van der Waals surface area contributed by atoms with Crippen LogP contribution >= 0.6 is 0 Å². The van der Waals surface area contributed by atoms with Crippen LogP contribution in [0, 0.1) is 6.92 Å². The van der Waals surface area contributed by atoms with E-state index in [1.54, 1.807) is 43.3 Å². The topological polar surface area (TPSA) is 240 Å². The summed E-state index contributed by atoms with van der Waals surface area (Å²) in [4.78, 5) is 11.9. The molecule has 1 atom stereocenters. The minimum absolute atomic E-state index is 0. The zero-order valence-corrected chi connectivity index (χ0v) is 36.5. The molecule has 0 spiro atoms. The van der Waals surface area contributed by atoms with Gasteiger partial charge in [0.25, 0.3) is 5.91 Å². The van der Waals surface area contributed by atoms with Crippen LogP contribution in [0.5, 0.6) is 5.75 Å². The van der Waals surface area contributed by atoms with Crippen LogP contribution < -0.4 is 68.3 Å². The van der Waals surface area contributed by atoms with Crippen molar-refractivity contribution in [1.29, 1.82) is 0 Å². The number of anilines is 1. The van der Waals surface area contributed by atoms with Crippen LogP contribution in [0.25, 0.3) is 11.1 Å². The van der Waals surface area contributed by atoms with Crippen molar-refractivity contribution in [1.82, 2.24) is 0 Å². The molecular formula is C35H26N6Na2O10S3. The Labute approximate surface area is 366 Å². The Balaban J connectivity index is 0.00000348. The smallest absolute Gasteiger partial charge is 0.744 e.